The van der Waals surface area contributed by atoms with E-state index in [1.165, 1.54) is 0 Å². The highest BCUT2D eigenvalue weighted by Crippen LogP contribution is 1.87. The predicted molar refractivity (Wildman–Crippen MR) is 26.8 cm³/mol. The molecule has 3 heteroatoms. The average molecular weight is 102 g/mol. The molecule has 1 aliphatic rings. The maximum absolute atomic E-state index is 4.66. The van der Waals surface area contributed by atoms with E-state index in [9.17, 15) is 0 Å². The van der Waals surface area contributed by atoms with Crippen molar-refractivity contribution in [2.45, 2.75) is 6.04 Å². The van der Waals surface area contributed by atoms with Gasteiger partial charge in [-0.25, -0.2) is 0 Å². The first kappa shape index (κ1) is 5.03. The summed E-state index contributed by atoms with van der Waals surface area (Å²) < 4.78 is 0. The Kier molecular flexibility index (Phi) is 1.62. The third-order valence-electron chi connectivity index (χ3n) is 1.07. The number of nitrogens with one attached hydrogen (secondary N) is 2. The minimum absolute atomic E-state index is 0.546. The fourth-order valence-electron chi connectivity index (χ4n) is 0.539. The lowest BCUT2D eigenvalue weighted by atomic mass is 10.2. The molecule has 0 amide bonds. The van der Waals surface area contributed by atoms with Gasteiger partial charge < -0.3 is 10.2 Å². The molecule has 0 aromatic carbocycles. The molecule has 0 unspecified atom stereocenters. The van der Waals surface area contributed by atoms with Crippen molar-refractivity contribution in [2.75, 3.05) is 20.2 Å². The SMILES string of the molecule is CONC1CNC1. The third-order valence-corrected chi connectivity index (χ3v) is 1.07. The molecule has 1 rings (SSSR count). The third kappa shape index (κ3) is 1.12. The molecule has 1 fully saturated rings. The minimum atomic E-state index is 0.546. The van der Waals surface area contributed by atoms with Crippen molar-refractivity contribution in [3.8, 4) is 0 Å². The highest BCUT2D eigenvalue weighted by Gasteiger charge is 2.14. The number of hydroxylamine groups is 1. The van der Waals surface area contributed by atoms with Crippen molar-refractivity contribution >= 4 is 0 Å². The van der Waals surface area contributed by atoms with Gasteiger partial charge in [0.2, 0.25) is 0 Å². The monoisotopic (exact) mass is 102 g/mol. The molecule has 0 aromatic rings. The molecule has 0 saturated carbocycles. The van der Waals surface area contributed by atoms with Gasteiger partial charge in [-0.1, -0.05) is 0 Å². The van der Waals surface area contributed by atoms with E-state index in [1.807, 2.05) is 0 Å². The summed E-state index contributed by atoms with van der Waals surface area (Å²) in [5.41, 5.74) is 2.82. The molecule has 42 valence electrons. The Morgan fingerprint density at radius 2 is 2.43 bits per heavy atom. The molecule has 3 nitrogen and oxygen atoms in total. The Morgan fingerprint density at radius 1 is 1.71 bits per heavy atom. The highest BCUT2D eigenvalue weighted by atomic mass is 16.6. The predicted octanol–water partition coefficient (Wildman–Crippen LogP) is -0.891. The van der Waals surface area contributed by atoms with Crippen LogP contribution in [0.25, 0.3) is 0 Å². The Morgan fingerprint density at radius 3 is 2.57 bits per heavy atom. The first-order valence-corrected chi connectivity index (χ1v) is 2.42. The maximum atomic E-state index is 4.66. The van der Waals surface area contributed by atoms with Crippen LogP contribution in [0, 0.1) is 0 Å². The van der Waals surface area contributed by atoms with E-state index in [4.69, 9.17) is 0 Å². The first-order valence-electron chi connectivity index (χ1n) is 2.42. The number of hydrogen-bond acceptors (Lipinski definition) is 3. The van der Waals surface area contributed by atoms with E-state index in [2.05, 4.69) is 15.6 Å². The van der Waals surface area contributed by atoms with Gasteiger partial charge in [0.25, 0.3) is 0 Å². The van der Waals surface area contributed by atoms with Gasteiger partial charge in [0, 0.05) is 13.1 Å². The Bertz CT molecular complexity index is 53.7. The fraction of sp³-hybridized carbons (Fsp3) is 1.00. The van der Waals surface area contributed by atoms with Crippen molar-refractivity contribution in [1.29, 1.82) is 0 Å². The zero-order chi connectivity index (χ0) is 5.11. The molecule has 0 aliphatic carbocycles. The number of rotatable bonds is 2. The summed E-state index contributed by atoms with van der Waals surface area (Å²) >= 11 is 0. The van der Waals surface area contributed by atoms with Crippen molar-refractivity contribution in [1.82, 2.24) is 10.8 Å². The summed E-state index contributed by atoms with van der Waals surface area (Å²) in [6.45, 7) is 2.07. The Balaban J connectivity index is 1.93. The van der Waals surface area contributed by atoms with Crippen LogP contribution in [0.1, 0.15) is 0 Å². The molecule has 1 saturated heterocycles. The molecule has 0 spiro atoms. The van der Waals surface area contributed by atoms with Crippen LogP contribution in [0.2, 0.25) is 0 Å². The zero-order valence-electron chi connectivity index (χ0n) is 4.40. The molecule has 1 aliphatic heterocycles. The van der Waals surface area contributed by atoms with Crippen LogP contribution < -0.4 is 10.8 Å². The first-order chi connectivity index (χ1) is 3.43. The van der Waals surface area contributed by atoms with E-state index >= 15 is 0 Å². The lowest BCUT2D eigenvalue weighted by Gasteiger charge is -2.26. The van der Waals surface area contributed by atoms with E-state index in [0.29, 0.717) is 6.04 Å². The topological polar surface area (TPSA) is 33.3 Å². The molecular formula is C4H10N2O. The van der Waals surface area contributed by atoms with Crippen molar-refractivity contribution in [3.05, 3.63) is 0 Å². The van der Waals surface area contributed by atoms with Crippen LogP contribution in [-0.4, -0.2) is 26.2 Å². The summed E-state index contributed by atoms with van der Waals surface area (Å²) in [6, 6.07) is 0.546. The van der Waals surface area contributed by atoms with Crippen molar-refractivity contribution < 1.29 is 4.84 Å². The van der Waals surface area contributed by atoms with Gasteiger partial charge in [-0.05, 0) is 0 Å². The lowest BCUT2D eigenvalue weighted by molar-refractivity contribution is 0.0443. The van der Waals surface area contributed by atoms with Gasteiger partial charge >= 0.3 is 0 Å². The van der Waals surface area contributed by atoms with E-state index < -0.39 is 0 Å². The summed E-state index contributed by atoms with van der Waals surface area (Å²) in [5, 5.41) is 3.10. The Hall–Kier alpha value is -0.120. The normalized spacial score (nSPS) is 21.9. The Labute approximate surface area is 43.0 Å². The molecule has 0 bridgehead atoms. The maximum Gasteiger partial charge on any atom is 0.0572 e. The van der Waals surface area contributed by atoms with Crippen LogP contribution in [0.3, 0.4) is 0 Å². The second-order valence-electron chi connectivity index (χ2n) is 1.68. The van der Waals surface area contributed by atoms with Crippen molar-refractivity contribution in [3.63, 3.8) is 0 Å². The largest absolute Gasteiger partial charge is 0.313 e. The molecule has 7 heavy (non-hydrogen) atoms. The quantitative estimate of drug-likeness (QED) is 0.444. The number of hydrogen-bond donors (Lipinski definition) is 2. The van der Waals surface area contributed by atoms with E-state index in [-0.39, 0.29) is 0 Å². The highest BCUT2D eigenvalue weighted by molar-refractivity contribution is 4.77. The fourth-order valence-corrected chi connectivity index (χ4v) is 0.539. The lowest BCUT2D eigenvalue weighted by Crippen LogP contribution is -2.54. The summed E-state index contributed by atoms with van der Waals surface area (Å²) in [5.74, 6) is 0. The standard InChI is InChI=1S/C4H10N2O/c1-7-6-4-2-5-3-4/h4-6H,2-3H2,1H3. The molecule has 1 heterocycles. The van der Waals surface area contributed by atoms with Gasteiger partial charge in [-0.2, -0.15) is 5.48 Å². The molecule has 0 aromatic heterocycles. The smallest absolute Gasteiger partial charge is 0.0572 e. The van der Waals surface area contributed by atoms with Gasteiger partial charge in [-0.3, -0.25) is 0 Å². The van der Waals surface area contributed by atoms with Crippen LogP contribution in [0.5, 0.6) is 0 Å². The molecule has 0 atom stereocenters. The van der Waals surface area contributed by atoms with Gasteiger partial charge in [0.15, 0.2) is 0 Å². The van der Waals surface area contributed by atoms with Crippen LogP contribution in [0.15, 0.2) is 0 Å². The van der Waals surface area contributed by atoms with E-state index in [1.54, 1.807) is 7.11 Å². The van der Waals surface area contributed by atoms with E-state index in [0.717, 1.165) is 13.1 Å². The van der Waals surface area contributed by atoms with Gasteiger partial charge in [-0.15, -0.1) is 0 Å². The molecular weight excluding hydrogens is 92.1 g/mol. The molecule has 0 radical (unpaired) electrons. The van der Waals surface area contributed by atoms with Crippen molar-refractivity contribution in [2.24, 2.45) is 0 Å². The van der Waals surface area contributed by atoms with Gasteiger partial charge in [0.05, 0.1) is 13.2 Å². The summed E-state index contributed by atoms with van der Waals surface area (Å²) in [7, 11) is 1.64. The van der Waals surface area contributed by atoms with Crippen LogP contribution in [0.4, 0.5) is 0 Å². The minimum Gasteiger partial charge on any atom is -0.313 e. The average Bonchev–Trinajstić information content (AvgIpc) is 1.55. The van der Waals surface area contributed by atoms with Crippen LogP contribution in [-0.2, 0) is 4.84 Å². The zero-order valence-corrected chi connectivity index (χ0v) is 4.40. The summed E-state index contributed by atoms with van der Waals surface area (Å²) in [4.78, 5) is 4.66. The van der Waals surface area contributed by atoms with Crippen LogP contribution >= 0.6 is 0 Å². The summed E-state index contributed by atoms with van der Waals surface area (Å²) in [6.07, 6.45) is 0. The second kappa shape index (κ2) is 2.26. The molecule has 2 N–H and O–H groups in total. The second-order valence-corrected chi connectivity index (χ2v) is 1.68. The van der Waals surface area contributed by atoms with Gasteiger partial charge in [0.1, 0.15) is 0 Å².